The fourth-order valence-electron chi connectivity index (χ4n) is 3.27. The molecule has 1 saturated carbocycles. The number of urea groups is 1. The summed E-state index contributed by atoms with van der Waals surface area (Å²) in [5.41, 5.74) is -0.918. The number of carbonyl (C=O) groups excluding carboxylic acids is 1. The van der Waals surface area contributed by atoms with Gasteiger partial charge in [0.15, 0.2) is 0 Å². The number of rotatable bonds is 3. The van der Waals surface area contributed by atoms with Gasteiger partial charge >= 0.3 is 12.0 Å². The number of hydrogen-bond acceptors (Lipinski definition) is 2. The van der Waals surface area contributed by atoms with E-state index in [-0.39, 0.29) is 12.6 Å². The molecule has 114 valence electrons. The first-order chi connectivity index (χ1) is 9.40. The van der Waals surface area contributed by atoms with Crippen LogP contribution in [0.4, 0.5) is 4.79 Å². The number of amides is 2. The van der Waals surface area contributed by atoms with E-state index in [1.807, 2.05) is 4.90 Å². The molecule has 1 aliphatic heterocycles. The van der Waals surface area contributed by atoms with Crippen molar-refractivity contribution >= 4 is 12.0 Å². The SMILES string of the molecule is CC(C)(CNC(=O)N1CCC2CCCCC2C1)C(=O)O. The smallest absolute Gasteiger partial charge is 0.317 e. The minimum Gasteiger partial charge on any atom is -0.481 e. The molecule has 2 unspecified atom stereocenters. The fraction of sp³-hybridized carbons (Fsp3) is 0.867. The fourth-order valence-corrected chi connectivity index (χ4v) is 3.27. The van der Waals surface area contributed by atoms with Crippen molar-refractivity contribution in [1.29, 1.82) is 0 Å². The minimum atomic E-state index is -0.918. The molecule has 0 radical (unpaired) electrons. The van der Waals surface area contributed by atoms with Crippen molar-refractivity contribution in [2.75, 3.05) is 19.6 Å². The zero-order valence-electron chi connectivity index (χ0n) is 12.5. The second kappa shape index (κ2) is 6.02. The van der Waals surface area contributed by atoms with Crippen molar-refractivity contribution < 1.29 is 14.7 Å². The van der Waals surface area contributed by atoms with E-state index in [1.54, 1.807) is 13.8 Å². The van der Waals surface area contributed by atoms with Crippen LogP contribution in [0.2, 0.25) is 0 Å². The number of carboxylic acid groups (broad SMARTS) is 1. The van der Waals surface area contributed by atoms with Crippen molar-refractivity contribution in [3.63, 3.8) is 0 Å². The van der Waals surface area contributed by atoms with E-state index in [9.17, 15) is 9.59 Å². The third-order valence-electron chi connectivity index (χ3n) is 4.84. The summed E-state index contributed by atoms with van der Waals surface area (Å²) in [6, 6.07) is -0.108. The molecule has 5 nitrogen and oxygen atoms in total. The molecule has 2 amide bonds. The first kappa shape index (κ1) is 15.1. The number of likely N-dealkylation sites (tertiary alicyclic amines) is 1. The van der Waals surface area contributed by atoms with Gasteiger partial charge in [0.25, 0.3) is 0 Å². The highest BCUT2D eigenvalue weighted by atomic mass is 16.4. The van der Waals surface area contributed by atoms with Gasteiger partial charge in [0.2, 0.25) is 0 Å². The third-order valence-corrected chi connectivity index (χ3v) is 4.84. The van der Waals surface area contributed by atoms with Crippen LogP contribution in [0.5, 0.6) is 0 Å². The molecular formula is C15H26N2O3. The average Bonchev–Trinajstić information content (AvgIpc) is 2.44. The highest BCUT2D eigenvalue weighted by Gasteiger charge is 2.34. The molecule has 2 aliphatic rings. The highest BCUT2D eigenvalue weighted by Crippen LogP contribution is 2.35. The Kier molecular flexibility index (Phi) is 4.55. The van der Waals surface area contributed by atoms with Gasteiger partial charge < -0.3 is 15.3 Å². The Labute approximate surface area is 120 Å². The second-order valence-electron chi connectivity index (χ2n) is 6.89. The molecular weight excluding hydrogens is 256 g/mol. The summed E-state index contributed by atoms with van der Waals surface area (Å²) in [5, 5.41) is 11.8. The predicted octanol–water partition coefficient (Wildman–Crippen LogP) is 2.32. The topological polar surface area (TPSA) is 69.6 Å². The van der Waals surface area contributed by atoms with Crippen LogP contribution in [0.25, 0.3) is 0 Å². The van der Waals surface area contributed by atoms with Gasteiger partial charge in [-0.3, -0.25) is 4.79 Å². The van der Waals surface area contributed by atoms with Crippen molar-refractivity contribution in [1.82, 2.24) is 10.2 Å². The molecule has 0 spiro atoms. The van der Waals surface area contributed by atoms with Crippen LogP contribution < -0.4 is 5.32 Å². The van der Waals surface area contributed by atoms with E-state index in [4.69, 9.17) is 5.11 Å². The van der Waals surface area contributed by atoms with Gasteiger partial charge in [0.05, 0.1) is 5.41 Å². The standard InChI is InChI=1S/C15H26N2O3/c1-15(2,13(18)19)10-16-14(20)17-8-7-11-5-3-4-6-12(11)9-17/h11-12H,3-10H2,1-2H3,(H,16,20)(H,18,19). The van der Waals surface area contributed by atoms with Crippen LogP contribution in [0.3, 0.4) is 0 Å². The lowest BCUT2D eigenvalue weighted by Crippen LogP contribution is -2.50. The van der Waals surface area contributed by atoms with Crippen LogP contribution >= 0.6 is 0 Å². The highest BCUT2D eigenvalue weighted by molar-refractivity contribution is 5.77. The van der Waals surface area contributed by atoms with Crippen LogP contribution in [-0.2, 0) is 4.79 Å². The molecule has 1 saturated heterocycles. The summed E-state index contributed by atoms with van der Waals surface area (Å²) in [6.45, 7) is 5.07. The number of carboxylic acids is 1. The molecule has 5 heteroatoms. The largest absolute Gasteiger partial charge is 0.481 e. The van der Waals surface area contributed by atoms with Gasteiger partial charge in [-0.25, -0.2) is 4.79 Å². The van der Waals surface area contributed by atoms with Crippen LogP contribution in [0.1, 0.15) is 46.0 Å². The van der Waals surface area contributed by atoms with E-state index in [0.717, 1.165) is 25.4 Å². The van der Waals surface area contributed by atoms with E-state index in [2.05, 4.69) is 5.32 Å². The van der Waals surface area contributed by atoms with Gasteiger partial charge in [0.1, 0.15) is 0 Å². The maximum absolute atomic E-state index is 12.2. The zero-order chi connectivity index (χ0) is 14.8. The number of fused-ring (bicyclic) bond motifs is 1. The molecule has 2 fully saturated rings. The van der Waals surface area contributed by atoms with Crippen molar-refractivity contribution in [2.24, 2.45) is 17.3 Å². The monoisotopic (exact) mass is 282 g/mol. The van der Waals surface area contributed by atoms with Gasteiger partial charge in [-0.05, 0) is 38.5 Å². The van der Waals surface area contributed by atoms with Crippen molar-refractivity contribution in [3.05, 3.63) is 0 Å². The number of hydrogen-bond donors (Lipinski definition) is 2. The summed E-state index contributed by atoms with van der Waals surface area (Å²) >= 11 is 0. The van der Waals surface area contributed by atoms with Crippen molar-refractivity contribution in [3.8, 4) is 0 Å². The van der Waals surface area contributed by atoms with E-state index < -0.39 is 11.4 Å². The minimum absolute atomic E-state index is 0.108. The number of carbonyl (C=O) groups is 2. The second-order valence-corrected chi connectivity index (χ2v) is 6.89. The molecule has 2 atom stereocenters. The lowest BCUT2D eigenvalue weighted by molar-refractivity contribution is -0.146. The molecule has 1 aliphatic carbocycles. The third kappa shape index (κ3) is 3.44. The molecule has 1 heterocycles. The maximum atomic E-state index is 12.2. The number of nitrogens with zero attached hydrogens (tertiary/aromatic N) is 1. The quantitative estimate of drug-likeness (QED) is 0.834. The van der Waals surface area contributed by atoms with Gasteiger partial charge in [0, 0.05) is 19.6 Å². The van der Waals surface area contributed by atoms with E-state index >= 15 is 0 Å². The Bertz CT molecular complexity index is 381. The molecule has 20 heavy (non-hydrogen) atoms. The Balaban J connectivity index is 1.83. The number of aliphatic carboxylic acids is 1. The summed E-state index contributed by atoms with van der Waals surface area (Å²) in [4.78, 5) is 25.1. The average molecular weight is 282 g/mol. The summed E-state index contributed by atoms with van der Waals surface area (Å²) in [5.74, 6) is 0.558. The molecule has 0 aromatic carbocycles. The van der Waals surface area contributed by atoms with Crippen LogP contribution in [-0.4, -0.2) is 41.6 Å². The van der Waals surface area contributed by atoms with E-state index in [0.29, 0.717) is 5.92 Å². The number of piperidine rings is 1. The summed E-state index contributed by atoms with van der Waals surface area (Å²) in [7, 11) is 0. The Morgan fingerprint density at radius 2 is 1.85 bits per heavy atom. The van der Waals surface area contributed by atoms with Crippen LogP contribution in [0.15, 0.2) is 0 Å². The molecule has 0 bridgehead atoms. The Hall–Kier alpha value is -1.26. The predicted molar refractivity (Wildman–Crippen MR) is 76.5 cm³/mol. The summed E-state index contributed by atoms with van der Waals surface area (Å²) < 4.78 is 0. The molecule has 2 N–H and O–H groups in total. The molecule has 0 aromatic rings. The number of nitrogens with one attached hydrogen (secondary N) is 1. The van der Waals surface area contributed by atoms with Gasteiger partial charge in [-0.1, -0.05) is 19.3 Å². The van der Waals surface area contributed by atoms with Crippen molar-refractivity contribution in [2.45, 2.75) is 46.0 Å². The van der Waals surface area contributed by atoms with Gasteiger partial charge in [-0.15, -0.1) is 0 Å². The Morgan fingerprint density at radius 3 is 2.50 bits per heavy atom. The Morgan fingerprint density at radius 1 is 1.20 bits per heavy atom. The molecule has 0 aromatic heterocycles. The summed E-state index contributed by atoms with van der Waals surface area (Å²) in [6.07, 6.45) is 6.25. The first-order valence-corrected chi connectivity index (χ1v) is 7.66. The van der Waals surface area contributed by atoms with E-state index in [1.165, 1.54) is 25.7 Å². The normalized spacial score (nSPS) is 26.8. The lowest BCUT2D eigenvalue weighted by atomic mass is 9.75. The first-order valence-electron chi connectivity index (χ1n) is 7.66. The molecule has 2 rings (SSSR count). The zero-order valence-corrected chi connectivity index (χ0v) is 12.5. The maximum Gasteiger partial charge on any atom is 0.317 e. The lowest BCUT2D eigenvalue weighted by Gasteiger charge is -2.41. The van der Waals surface area contributed by atoms with Gasteiger partial charge in [-0.2, -0.15) is 0 Å². The van der Waals surface area contributed by atoms with Crippen LogP contribution in [0, 0.1) is 17.3 Å².